The molecule has 0 aliphatic carbocycles. The van der Waals surface area contributed by atoms with Crippen molar-refractivity contribution in [3.05, 3.63) is 34.6 Å². The lowest BCUT2D eigenvalue weighted by atomic mass is 10.2. The number of fused-ring (bicyclic) bond motifs is 1. The van der Waals surface area contributed by atoms with Gasteiger partial charge in [0.05, 0.1) is 10.4 Å². The Balaban J connectivity index is 2.06. The topological polar surface area (TPSA) is 130 Å². The molecule has 0 aliphatic rings. The summed E-state index contributed by atoms with van der Waals surface area (Å²) in [6, 6.07) is 3.44. The molecule has 116 valence electrons. The third kappa shape index (κ3) is 3.78. The smallest absolute Gasteiger partial charge is 0.404 e. The minimum Gasteiger partial charge on any atom is -0.465 e. The molecule has 2 aromatic heterocycles. The molecule has 0 fully saturated rings. The number of amides is 1. The summed E-state index contributed by atoms with van der Waals surface area (Å²) < 4.78 is 0. The van der Waals surface area contributed by atoms with Crippen molar-refractivity contribution in [1.29, 1.82) is 0 Å². The van der Waals surface area contributed by atoms with Crippen molar-refractivity contribution in [3.63, 3.8) is 0 Å². The SMILES string of the molecule is O=C(O)NCCCCNc1c([N+](=O)[O-])cnc2cccnc12. The lowest BCUT2D eigenvalue weighted by molar-refractivity contribution is -0.384. The van der Waals surface area contributed by atoms with E-state index in [4.69, 9.17) is 5.11 Å². The Morgan fingerprint density at radius 2 is 2.09 bits per heavy atom. The first kappa shape index (κ1) is 15.4. The van der Waals surface area contributed by atoms with Crippen LogP contribution in [0.1, 0.15) is 12.8 Å². The molecule has 0 aromatic carbocycles. The predicted octanol–water partition coefficient (Wildman–Crippen LogP) is 2.00. The second-order valence-electron chi connectivity index (χ2n) is 4.51. The highest BCUT2D eigenvalue weighted by atomic mass is 16.6. The van der Waals surface area contributed by atoms with E-state index in [1.165, 1.54) is 6.20 Å². The molecule has 2 aromatic rings. The number of nitrogens with one attached hydrogen (secondary N) is 2. The molecule has 0 atom stereocenters. The maximum atomic E-state index is 11.1. The van der Waals surface area contributed by atoms with E-state index in [9.17, 15) is 14.9 Å². The first-order valence-electron chi connectivity index (χ1n) is 6.68. The zero-order chi connectivity index (χ0) is 15.9. The van der Waals surface area contributed by atoms with Gasteiger partial charge in [0.1, 0.15) is 17.4 Å². The fourth-order valence-corrected chi connectivity index (χ4v) is 1.98. The van der Waals surface area contributed by atoms with E-state index in [2.05, 4.69) is 20.6 Å². The predicted molar refractivity (Wildman–Crippen MR) is 79.9 cm³/mol. The molecular weight excluding hydrogens is 290 g/mol. The molecule has 0 saturated carbocycles. The summed E-state index contributed by atoms with van der Waals surface area (Å²) in [5.41, 5.74) is 1.22. The number of hydrogen-bond acceptors (Lipinski definition) is 6. The van der Waals surface area contributed by atoms with Gasteiger partial charge < -0.3 is 15.7 Å². The van der Waals surface area contributed by atoms with Crippen molar-refractivity contribution in [3.8, 4) is 0 Å². The van der Waals surface area contributed by atoms with Crippen LogP contribution in [0, 0.1) is 10.1 Å². The first-order valence-corrected chi connectivity index (χ1v) is 6.68. The van der Waals surface area contributed by atoms with Crippen molar-refractivity contribution in [2.45, 2.75) is 12.8 Å². The minimum atomic E-state index is -1.06. The van der Waals surface area contributed by atoms with Crippen LogP contribution in [0.15, 0.2) is 24.5 Å². The maximum Gasteiger partial charge on any atom is 0.404 e. The van der Waals surface area contributed by atoms with Crippen LogP contribution >= 0.6 is 0 Å². The van der Waals surface area contributed by atoms with Gasteiger partial charge in [-0.15, -0.1) is 0 Å². The fourth-order valence-electron chi connectivity index (χ4n) is 1.98. The summed E-state index contributed by atoms with van der Waals surface area (Å²) >= 11 is 0. The molecule has 3 N–H and O–H groups in total. The van der Waals surface area contributed by atoms with Gasteiger partial charge in [-0.3, -0.25) is 15.1 Å². The zero-order valence-electron chi connectivity index (χ0n) is 11.7. The number of carboxylic acid groups (broad SMARTS) is 1. The van der Waals surface area contributed by atoms with Gasteiger partial charge >= 0.3 is 11.8 Å². The van der Waals surface area contributed by atoms with Crippen molar-refractivity contribution in [2.75, 3.05) is 18.4 Å². The molecule has 0 spiro atoms. The van der Waals surface area contributed by atoms with E-state index in [0.29, 0.717) is 42.7 Å². The minimum absolute atomic E-state index is 0.130. The van der Waals surface area contributed by atoms with E-state index < -0.39 is 11.0 Å². The van der Waals surface area contributed by atoms with Gasteiger partial charge in [-0.05, 0) is 25.0 Å². The molecule has 0 aliphatic heterocycles. The Kier molecular flexibility index (Phi) is 5.02. The Morgan fingerprint density at radius 1 is 1.32 bits per heavy atom. The van der Waals surface area contributed by atoms with Crippen LogP contribution in [0.3, 0.4) is 0 Å². The highest BCUT2D eigenvalue weighted by molar-refractivity contribution is 5.92. The standard InChI is InChI=1S/C13H15N5O4/c19-13(20)16-6-2-1-5-15-12-10(18(21)22)8-17-9-4-3-7-14-11(9)12/h3-4,7-8,16H,1-2,5-6H2,(H,15,17)(H,19,20). The second kappa shape index (κ2) is 7.16. The van der Waals surface area contributed by atoms with Crippen LogP contribution in [-0.2, 0) is 0 Å². The van der Waals surface area contributed by atoms with E-state index in [1.54, 1.807) is 18.3 Å². The normalized spacial score (nSPS) is 10.4. The number of nitrogens with zero attached hydrogens (tertiary/aromatic N) is 3. The summed E-state index contributed by atoms with van der Waals surface area (Å²) in [4.78, 5) is 29.1. The monoisotopic (exact) mass is 305 g/mol. The summed E-state index contributed by atoms with van der Waals surface area (Å²) in [5.74, 6) is 0. The number of pyridine rings is 2. The van der Waals surface area contributed by atoms with Gasteiger partial charge in [0.15, 0.2) is 0 Å². The average molecular weight is 305 g/mol. The van der Waals surface area contributed by atoms with Gasteiger partial charge in [-0.2, -0.15) is 0 Å². The molecular formula is C13H15N5O4. The summed E-state index contributed by atoms with van der Waals surface area (Å²) in [6.07, 6.45) is 2.99. The summed E-state index contributed by atoms with van der Waals surface area (Å²) in [7, 11) is 0. The fraction of sp³-hybridized carbons (Fsp3) is 0.308. The number of hydrogen-bond donors (Lipinski definition) is 3. The van der Waals surface area contributed by atoms with Gasteiger partial charge in [0.25, 0.3) is 0 Å². The maximum absolute atomic E-state index is 11.1. The largest absolute Gasteiger partial charge is 0.465 e. The molecule has 0 radical (unpaired) electrons. The Bertz CT molecular complexity index is 691. The van der Waals surface area contributed by atoms with Gasteiger partial charge in [0.2, 0.25) is 0 Å². The number of anilines is 1. The molecule has 2 rings (SSSR count). The molecule has 0 bridgehead atoms. The van der Waals surface area contributed by atoms with E-state index in [0.717, 1.165) is 0 Å². The number of unbranched alkanes of at least 4 members (excludes halogenated alkanes) is 1. The number of aromatic nitrogens is 2. The van der Waals surface area contributed by atoms with Crippen LogP contribution in [0.5, 0.6) is 0 Å². The van der Waals surface area contributed by atoms with E-state index in [1.807, 2.05) is 0 Å². The third-order valence-corrected chi connectivity index (χ3v) is 2.98. The van der Waals surface area contributed by atoms with Crippen LogP contribution in [0.4, 0.5) is 16.2 Å². The van der Waals surface area contributed by atoms with E-state index in [-0.39, 0.29) is 5.69 Å². The van der Waals surface area contributed by atoms with Crippen molar-refractivity contribution >= 4 is 28.5 Å². The molecule has 9 heteroatoms. The molecule has 9 nitrogen and oxygen atoms in total. The Labute approximate surface area is 125 Å². The highest BCUT2D eigenvalue weighted by Gasteiger charge is 2.18. The van der Waals surface area contributed by atoms with Crippen LogP contribution < -0.4 is 10.6 Å². The zero-order valence-corrected chi connectivity index (χ0v) is 11.7. The number of rotatable bonds is 7. The van der Waals surface area contributed by atoms with Crippen molar-refractivity contribution in [2.24, 2.45) is 0 Å². The number of nitro groups is 1. The summed E-state index contributed by atoms with van der Waals surface area (Å²) in [5, 5.41) is 24.8. The first-order chi connectivity index (χ1) is 10.6. The second-order valence-corrected chi connectivity index (χ2v) is 4.51. The lowest BCUT2D eigenvalue weighted by Crippen LogP contribution is -2.22. The number of carbonyl (C=O) groups is 1. The average Bonchev–Trinajstić information content (AvgIpc) is 2.50. The van der Waals surface area contributed by atoms with Crippen molar-refractivity contribution in [1.82, 2.24) is 15.3 Å². The highest BCUT2D eigenvalue weighted by Crippen LogP contribution is 2.29. The lowest BCUT2D eigenvalue weighted by Gasteiger charge is -2.09. The van der Waals surface area contributed by atoms with Gasteiger partial charge in [-0.1, -0.05) is 0 Å². The molecule has 1 amide bonds. The van der Waals surface area contributed by atoms with Crippen molar-refractivity contribution < 1.29 is 14.8 Å². The Hall–Kier alpha value is -2.97. The third-order valence-electron chi connectivity index (χ3n) is 2.98. The van der Waals surface area contributed by atoms with Crippen LogP contribution in [0.2, 0.25) is 0 Å². The molecule has 22 heavy (non-hydrogen) atoms. The van der Waals surface area contributed by atoms with Gasteiger partial charge in [0, 0.05) is 19.3 Å². The molecule has 0 unspecified atom stereocenters. The Morgan fingerprint density at radius 3 is 2.82 bits per heavy atom. The quantitative estimate of drug-likeness (QED) is 0.405. The molecule has 2 heterocycles. The summed E-state index contributed by atoms with van der Waals surface area (Å²) in [6.45, 7) is 0.812. The van der Waals surface area contributed by atoms with E-state index >= 15 is 0 Å². The molecule has 0 saturated heterocycles. The van der Waals surface area contributed by atoms with Gasteiger partial charge in [-0.25, -0.2) is 9.78 Å². The van der Waals surface area contributed by atoms with Crippen LogP contribution in [-0.4, -0.2) is 39.2 Å². The van der Waals surface area contributed by atoms with Crippen LogP contribution in [0.25, 0.3) is 11.0 Å².